The quantitative estimate of drug-likeness (QED) is 0.647. The van der Waals surface area contributed by atoms with Crippen molar-refractivity contribution in [1.29, 1.82) is 0 Å². The third-order valence-corrected chi connectivity index (χ3v) is 1.60. The molecule has 0 atom stereocenters. The summed E-state index contributed by atoms with van der Waals surface area (Å²) in [7, 11) is 0. The number of benzene rings is 1. The molecule has 0 spiro atoms. The third kappa shape index (κ3) is 3.19. The topological polar surface area (TPSA) is 12.0 Å². The zero-order valence-electron chi connectivity index (χ0n) is 7.01. The van der Waals surface area contributed by atoms with Gasteiger partial charge in [-0.15, -0.1) is 0 Å². The number of hydrogen-bond acceptors (Lipinski definition) is 1. The molecule has 1 N–H and O–H groups in total. The van der Waals surface area contributed by atoms with Crippen LogP contribution >= 0.6 is 0 Å². The van der Waals surface area contributed by atoms with Gasteiger partial charge in [-0.25, -0.2) is 0 Å². The zero-order valence-corrected chi connectivity index (χ0v) is 7.01. The van der Waals surface area contributed by atoms with Crippen LogP contribution in [-0.2, 0) is 6.54 Å². The maximum Gasteiger partial charge on any atom is 0.0205 e. The van der Waals surface area contributed by atoms with Gasteiger partial charge in [-0.2, -0.15) is 0 Å². The summed E-state index contributed by atoms with van der Waals surface area (Å²) in [5.74, 6) is 0. The Labute approximate surface area is 68.4 Å². The van der Waals surface area contributed by atoms with E-state index in [0.29, 0.717) is 0 Å². The Balaban J connectivity index is 2.28. The summed E-state index contributed by atoms with van der Waals surface area (Å²) in [6.45, 7) is 4.28. The van der Waals surface area contributed by atoms with Crippen LogP contribution < -0.4 is 5.32 Å². The lowest BCUT2D eigenvalue weighted by molar-refractivity contribution is 0.675. The van der Waals surface area contributed by atoms with Crippen LogP contribution in [0.25, 0.3) is 0 Å². The average Bonchev–Trinajstić information content (AvgIpc) is 2.07. The lowest BCUT2D eigenvalue weighted by Gasteiger charge is -2.01. The molecule has 0 aliphatic rings. The van der Waals surface area contributed by atoms with Gasteiger partial charge in [-0.3, -0.25) is 0 Å². The molecule has 0 unspecified atom stereocenters. The Morgan fingerprint density at radius 1 is 1.18 bits per heavy atom. The molecule has 0 amide bonds. The van der Waals surface area contributed by atoms with Gasteiger partial charge in [0.15, 0.2) is 0 Å². The van der Waals surface area contributed by atoms with Crippen molar-refractivity contribution in [2.75, 3.05) is 6.54 Å². The summed E-state index contributed by atoms with van der Waals surface area (Å²) < 4.78 is 0. The van der Waals surface area contributed by atoms with Gasteiger partial charge >= 0.3 is 0 Å². The monoisotopic (exact) mass is 149 g/mol. The number of rotatable bonds is 4. The Bertz CT molecular complexity index is 181. The van der Waals surface area contributed by atoms with E-state index >= 15 is 0 Å². The maximum atomic E-state index is 3.35. The van der Waals surface area contributed by atoms with Crippen molar-refractivity contribution in [1.82, 2.24) is 5.32 Å². The Kier molecular flexibility index (Phi) is 3.70. The zero-order chi connectivity index (χ0) is 7.94. The standard InChI is InChI=1S/C10H15N/c1-2-8-11-9-10-6-4-3-5-7-10/h3-7,11H,2,8-9H2,1H3. The highest BCUT2D eigenvalue weighted by Gasteiger charge is 1.87. The maximum absolute atomic E-state index is 3.35. The van der Waals surface area contributed by atoms with Crippen molar-refractivity contribution in [3.05, 3.63) is 35.9 Å². The Morgan fingerprint density at radius 2 is 1.91 bits per heavy atom. The van der Waals surface area contributed by atoms with Crippen molar-refractivity contribution < 1.29 is 0 Å². The van der Waals surface area contributed by atoms with E-state index in [1.807, 2.05) is 6.07 Å². The van der Waals surface area contributed by atoms with Gasteiger partial charge in [0, 0.05) is 6.54 Å². The summed E-state index contributed by atoms with van der Waals surface area (Å²) in [6.07, 6.45) is 1.20. The number of hydrogen-bond donors (Lipinski definition) is 1. The van der Waals surface area contributed by atoms with Crippen LogP contribution in [0.1, 0.15) is 18.9 Å². The lowest BCUT2D eigenvalue weighted by atomic mass is 10.2. The fourth-order valence-corrected chi connectivity index (χ4v) is 1.01. The summed E-state index contributed by atoms with van der Waals surface area (Å²) in [5, 5.41) is 3.35. The first-order valence-corrected chi connectivity index (χ1v) is 4.18. The fraction of sp³-hybridized carbons (Fsp3) is 0.400. The molecule has 11 heavy (non-hydrogen) atoms. The first kappa shape index (κ1) is 8.28. The molecule has 0 aliphatic carbocycles. The van der Waals surface area contributed by atoms with Gasteiger partial charge in [0.25, 0.3) is 0 Å². The smallest absolute Gasteiger partial charge is 0.0205 e. The third-order valence-electron chi connectivity index (χ3n) is 1.60. The van der Waals surface area contributed by atoms with Gasteiger partial charge in [-0.05, 0) is 18.5 Å². The van der Waals surface area contributed by atoms with E-state index in [-0.39, 0.29) is 0 Å². The lowest BCUT2D eigenvalue weighted by Crippen LogP contribution is -2.13. The molecule has 1 aromatic carbocycles. The molecule has 0 saturated carbocycles. The van der Waals surface area contributed by atoms with Crippen LogP contribution in [0, 0.1) is 0 Å². The predicted octanol–water partition coefficient (Wildman–Crippen LogP) is 2.19. The van der Waals surface area contributed by atoms with E-state index < -0.39 is 0 Å². The second-order valence-electron chi connectivity index (χ2n) is 2.66. The van der Waals surface area contributed by atoms with E-state index in [1.54, 1.807) is 0 Å². The minimum Gasteiger partial charge on any atom is -0.313 e. The summed E-state index contributed by atoms with van der Waals surface area (Å²) in [4.78, 5) is 0. The normalized spacial score (nSPS) is 9.91. The average molecular weight is 149 g/mol. The first-order chi connectivity index (χ1) is 5.43. The van der Waals surface area contributed by atoms with E-state index in [1.165, 1.54) is 12.0 Å². The molecule has 0 heterocycles. The van der Waals surface area contributed by atoms with Crippen molar-refractivity contribution in [2.45, 2.75) is 19.9 Å². The molecular weight excluding hydrogens is 134 g/mol. The van der Waals surface area contributed by atoms with Crippen LogP contribution in [0.3, 0.4) is 0 Å². The highest BCUT2D eigenvalue weighted by Crippen LogP contribution is 1.96. The highest BCUT2D eigenvalue weighted by atomic mass is 14.8. The molecule has 0 saturated heterocycles. The van der Waals surface area contributed by atoms with Crippen molar-refractivity contribution in [3.63, 3.8) is 0 Å². The molecule has 1 heteroatoms. The van der Waals surface area contributed by atoms with Crippen LogP contribution in [0.4, 0.5) is 0 Å². The van der Waals surface area contributed by atoms with Gasteiger partial charge in [0.2, 0.25) is 0 Å². The van der Waals surface area contributed by atoms with Crippen LogP contribution in [0.2, 0.25) is 0 Å². The van der Waals surface area contributed by atoms with E-state index in [2.05, 4.69) is 36.5 Å². The highest BCUT2D eigenvalue weighted by molar-refractivity contribution is 5.14. The van der Waals surface area contributed by atoms with Crippen molar-refractivity contribution >= 4 is 0 Å². The molecular formula is C10H15N. The van der Waals surface area contributed by atoms with Gasteiger partial charge < -0.3 is 5.32 Å². The molecule has 0 aliphatic heterocycles. The fourth-order valence-electron chi connectivity index (χ4n) is 1.01. The largest absolute Gasteiger partial charge is 0.313 e. The van der Waals surface area contributed by atoms with Crippen LogP contribution in [-0.4, -0.2) is 6.54 Å². The van der Waals surface area contributed by atoms with Crippen molar-refractivity contribution in [3.8, 4) is 0 Å². The Morgan fingerprint density at radius 3 is 2.55 bits per heavy atom. The van der Waals surface area contributed by atoms with E-state index in [4.69, 9.17) is 0 Å². The van der Waals surface area contributed by atoms with Gasteiger partial charge in [-0.1, -0.05) is 37.3 Å². The molecule has 1 rings (SSSR count). The second kappa shape index (κ2) is 4.91. The number of nitrogens with one attached hydrogen (secondary N) is 1. The molecule has 1 nitrogen and oxygen atoms in total. The molecule has 0 aromatic heterocycles. The second-order valence-corrected chi connectivity index (χ2v) is 2.66. The van der Waals surface area contributed by atoms with Gasteiger partial charge in [0.1, 0.15) is 0 Å². The van der Waals surface area contributed by atoms with Crippen molar-refractivity contribution in [2.24, 2.45) is 0 Å². The summed E-state index contributed by atoms with van der Waals surface area (Å²) in [6, 6.07) is 10.5. The van der Waals surface area contributed by atoms with Crippen LogP contribution in [0.15, 0.2) is 30.3 Å². The molecule has 1 aromatic rings. The predicted molar refractivity (Wildman–Crippen MR) is 48.4 cm³/mol. The molecule has 0 bridgehead atoms. The van der Waals surface area contributed by atoms with Crippen LogP contribution in [0.5, 0.6) is 0 Å². The molecule has 60 valence electrons. The van der Waals surface area contributed by atoms with Gasteiger partial charge in [0.05, 0.1) is 0 Å². The minimum atomic E-state index is 0.995. The summed E-state index contributed by atoms with van der Waals surface area (Å²) in [5.41, 5.74) is 1.36. The minimum absolute atomic E-state index is 0.995. The van der Waals surface area contributed by atoms with E-state index in [9.17, 15) is 0 Å². The molecule has 0 radical (unpaired) electrons. The molecule has 0 fully saturated rings. The Hall–Kier alpha value is -0.820. The first-order valence-electron chi connectivity index (χ1n) is 4.18. The van der Waals surface area contributed by atoms with E-state index in [0.717, 1.165) is 13.1 Å². The summed E-state index contributed by atoms with van der Waals surface area (Å²) >= 11 is 0. The SMILES string of the molecule is CCCNCc1ccccc1.